The molecule has 1 fully saturated rings. The van der Waals surface area contributed by atoms with Gasteiger partial charge in [0.2, 0.25) is 0 Å². The van der Waals surface area contributed by atoms with E-state index in [1.165, 1.54) is 38.9 Å². The highest BCUT2D eigenvalue weighted by Gasteiger charge is 2.26. The Morgan fingerprint density at radius 1 is 1.25 bits per heavy atom. The molecule has 0 aromatic carbocycles. The fourth-order valence-corrected chi connectivity index (χ4v) is 3.34. The van der Waals surface area contributed by atoms with Gasteiger partial charge in [0.25, 0.3) is 0 Å². The van der Waals surface area contributed by atoms with Crippen LogP contribution >= 0.6 is 0 Å². The first-order valence-electron chi connectivity index (χ1n) is 8.57. The Hall–Kier alpha value is -0.120. The standard InChI is InChI=1S/C17H37N3/c1-7-10-20-11-8-9-16(12-20)15(4)18-17(14(2)3)13-19(5)6/h14-18H,7-13H2,1-6H3. The van der Waals surface area contributed by atoms with E-state index in [0.29, 0.717) is 18.0 Å². The molecule has 1 heterocycles. The molecule has 1 aliphatic rings. The fraction of sp³-hybridized carbons (Fsp3) is 1.00. The van der Waals surface area contributed by atoms with Crippen molar-refractivity contribution < 1.29 is 0 Å². The van der Waals surface area contributed by atoms with Gasteiger partial charge in [0.1, 0.15) is 0 Å². The van der Waals surface area contributed by atoms with E-state index >= 15 is 0 Å². The van der Waals surface area contributed by atoms with Gasteiger partial charge in [0, 0.05) is 25.2 Å². The van der Waals surface area contributed by atoms with E-state index in [0.717, 1.165) is 12.5 Å². The topological polar surface area (TPSA) is 18.5 Å². The van der Waals surface area contributed by atoms with Crippen molar-refractivity contribution in [3.8, 4) is 0 Å². The minimum absolute atomic E-state index is 0.599. The molecule has 1 rings (SSSR count). The van der Waals surface area contributed by atoms with Crippen molar-refractivity contribution in [2.45, 2.75) is 59.0 Å². The highest BCUT2D eigenvalue weighted by atomic mass is 15.1. The van der Waals surface area contributed by atoms with Gasteiger partial charge in [-0.3, -0.25) is 0 Å². The molecule has 20 heavy (non-hydrogen) atoms. The highest BCUT2D eigenvalue weighted by Crippen LogP contribution is 2.21. The molecule has 3 nitrogen and oxygen atoms in total. The van der Waals surface area contributed by atoms with Crippen LogP contribution in [0.15, 0.2) is 0 Å². The van der Waals surface area contributed by atoms with Gasteiger partial charge in [-0.25, -0.2) is 0 Å². The van der Waals surface area contributed by atoms with Gasteiger partial charge in [-0.05, 0) is 65.2 Å². The maximum Gasteiger partial charge on any atom is 0.0220 e. The molecule has 0 spiro atoms. The van der Waals surface area contributed by atoms with Crippen LogP contribution in [0, 0.1) is 11.8 Å². The molecule has 0 saturated carbocycles. The Kier molecular flexibility index (Phi) is 8.08. The van der Waals surface area contributed by atoms with Gasteiger partial charge in [-0.1, -0.05) is 20.8 Å². The quantitative estimate of drug-likeness (QED) is 0.739. The lowest BCUT2D eigenvalue weighted by Crippen LogP contribution is -2.51. The number of hydrogen-bond donors (Lipinski definition) is 1. The van der Waals surface area contributed by atoms with Crippen molar-refractivity contribution in [3.63, 3.8) is 0 Å². The third-order valence-corrected chi connectivity index (χ3v) is 4.63. The maximum absolute atomic E-state index is 3.91. The number of rotatable bonds is 8. The number of piperidine rings is 1. The first-order valence-corrected chi connectivity index (χ1v) is 8.57. The summed E-state index contributed by atoms with van der Waals surface area (Å²) in [7, 11) is 4.34. The van der Waals surface area contributed by atoms with Crippen molar-refractivity contribution >= 4 is 0 Å². The van der Waals surface area contributed by atoms with Crippen molar-refractivity contribution in [3.05, 3.63) is 0 Å². The molecule has 3 atom stereocenters. The van der Waals surface area contributed by atoms with Crippen molar-refractivity contribution in [1.29, 1.82) is 0 Å². The summed E-state index contributed by atoms with van der Waals surface area (Å²) in [6.07, 6.45) is 4.04. The van der Waals surface area contributed by atoms with Gasteiger partial charge >= 0.3 is 0 Å². The van der Waals surface area contributed by atoms with Crippen molar-refractivity contribution in [2.75, 3.05) is 40.3 Å². The zero-order chi connectivity index (χ0) is 15.1. The van der Waals surface area contributed by atoms with Crippen LogP contribution in [0.5, 0.6) is 0 Å². The van der Waals surface area contributed by atoms with Crippen molar-refractivity contribution in [2.24, 2.45) is 11.8 Å². The smallest absolute Gasteiger partial charge is 0.0220 e. The average molecular weight is 284 g/mol. The second kappa shape index (κ2) is 9.01. The Morgan fingerprint density at radius 3 is 2.50 bits per heavy atom. The maximum atomic E-state index is 3.91. The summed E-state index contributed by atoms with van der Waals surface area (Å²) in [5.41, 5.74) is 0. The first kappa shape index (κ1) is 17.9. The number of hydrogen-bond acceptors (Lipinski definition) is 3. The summed E-state index contributed by atoms with van der Waals surface area (Å²) >= 11 is 0. The monoisotopic (exact) mass is 283 g/mol. The lowest BCUT2D eigenvalue weighted by Gasteiger charge is -2.38. The molecule has 0 amide bonds. The lowest BCUT2D eigenvalue weighted by molar-refractivity contribution is 0.139. The second-order valence-corrected chi connectivity index (χ2v) is 7.27. The van der Waals surface area contributed by atoms with E-state index in [1.807, 2.05) is 0 Å². The molecule has 3 unspecified atom stereocenters. The summed E-state index contributed by atoms with van der Waals surface area (Å²) in [5.74, 6) is 1.51. The molecule has 3 heteroatoms. The molecule has 1 N–H and O–H groups in total. The lowest BCUT2D eigenvalue weighted by atomic mass is 9.90. The molecule has 1 saturated heterocycles. The van der Waals surface area contributed by atoms with Crippen LogP contribution in [-0.4, -0.2) is 62.2 Å². The van der Waals surface area contributed by atoms with Gasteiger partial charge in [-0.2, -0.15) is 0 Å². The van der Waals surface area contributed by atoms with Gasteiger partial charge in [-0.15, -0.1) is 0 Å². The largest absolute Gasteiger partial charge is 0.310 e. The Labute approximate surface area is 127 Å². The van der Waals surface area contributed by atoms with Crippen LogP contribution in [0.4, 0.5) is 0 Å². The predicted octanol–water partition coefficient (Wildman–Crippen LogP) is 2.67. The molecule has 0 aromatic rings. The van der Waals surface area contributed by atoms with E-state index < -0.39 is 0 Å². The summed E-state index contributed by atoms with van der Waals surface area (Å²) < 4.78 is 0. The van der Waals surface area contributed by atoms with E-state index in [1.54, 1.807) is 0 Å². The van der Waals surface area contributed by atoms with E-state index in [-0.39, 0.29) is 0 Å². The molecule has 0 aromatic heterocycles. The average Bonchev–Trinajstić information content (AvgIpc) is 2.38. The molecular weight excluding hydrogens is 246 g/mol. The first-order chi connectivity index (χ1) is 9.43. The minimum Gasteiger partial charge on any atom is -0.310 e. The summed E-state index contributed by atoms with van der Waals surface area (Å²) in [6.45, 7) is 14.3. The summed E-state index contributed by atoms with van der Waals surface area (Å²) in [4.78, 5) is 4.96. The van der Waals surface area contributed by atoms with E-state index in [4.69, 9.17) is 0 Å². The van der Waals surface area contributed by atoms with Crippen LogP contribution < -0.4 is 5.32 Å². The molecule has 0 aliphatic carbocycles. The Balaban J connectivity index is 2.48. The van der Waals surface area contributed by atoms with E-state index in [2.05, 4.69) is 56.9 Å². The number of nitrogens with zero attached hydrogens (tertiary/aromatic N) is 2. The van der Waals surface area contributed by atoms with Crippen LogP contribution in [0.25, 0.3) is 0 Å². The SMILES string of the molecule is CCCN1CCCC(C(C)NC(CN(C)C)C(C)C)C1. The Morgan fingerprint density at radius 2 is 1.95 bits per heavy atom. The Bertz CT molecular complexity index is 251. The third-order valence-electron chi connectivity index (χ3n) is 4.63. The fourth-order valence-electron chi connectivity index (χ4n) is 3.34. The van der Waals surface area contributed by atoms with Crippen LogP contribution in [0.1, 0.15) is 47.0 Å². The molecule has 0 radical (unpaired) electrons. The highest BCUT2D eigenvalue weighted by molar-refractivity contribution is 4.84. The number of likely N-dealkylation sites (N-methyl/N-ethyl adjacent to an activating group) is 1. The zero-order valence-electron chi connectivity index (χ0n) is 14.7. The molecule has 120 valence electrons. The van der Waals surface area contributed by atoms with Gasteiger partial charge in [0.15, 0.2) is 0 Å². The number of likely N-dealkylation sites (tertiary alicyclic amines) is 1. The van der Waals surface area contributed by atoms with Gasteiger partial charge in [0.05, 0.1) is 0 Å². The van der Waals surface area contributed by atoms with Crippen LogP contribution in [0.2, 0.25) is 0 Å². The van der Waals surface area contributed by atoms with Crippen LogP contribution in [-0.2, 0) is 0 Å². The summed E-state index contributed by atoms with van der Waals surface area (Å²) in [6, 6.07) is 1.23. The molecule has 0 bridgehead atoms. The second-order valence-electron chi connectivity index (χ2n) is 7.27. The van der Waals surface area contributed by atoms with Crippen LogP contribution in [0.3, 0.4) is 0 Å². The van der Waals surface area contributed by atoms with Crippen molar-refractivity contribution in [1.82, 2.24) is 15.1 Å². The summed E-state index contributed by atoms with van der Waals surface area (Å²) in [5, 5.41) is 3.91. The normalized spacial score (nSPS) is 24.3. The minimum atomic E-state index is 0.599. The van der Waals surface area contributed by atoms with Gasteiger partial charge < -0.3 is 15.1 Å². The molecule has 1 aliphatic heterocycles. The third kappa shape index (κ3) is 6.11. The number of nitrogens with one attached hydrogen (secondary N) is 1. The predicted molar refractivity (Wildman–Crippen MR) is 89.2 cm³/mol. The van der Waals surface area contributed by atoms with E-state index in [9.17, 15) is 0 Å². The zero-order valence-corrected chi connectivity index (χ0v) is 14.7. The molecular formula is C17H37N3.